The highest BCUT2D eigenvalue weighted by Gasteiger charge is 2.35. The molecule has 1 amide bonds. The van der Waals surface area contributed by atoms with Gasteiger partial charge in [0.15, 0.2) is 5.50 Å². The van der Waals surface area contributed by atoms with Crippen LogP contribution in [0.15, 0.2) is 64.4 Å². The summed E-state index contributed by atoms with van der Waals surface area (Å²) in [7, 11) is 0. The highest BCUT2D eigenvalue weighted by Crippen LogP contribution is 2.44. The van der Waals surface area contributed by atoms with Gasteiger partial charge >= 0.3 is 5.69 Å². The number of carbonyl (C=O) groups is 1. The van der Waals surface area contributed by atoms with Crippen LogP contribution in [-0.2, 0) is 17.9 Å². The molecule has 0 bridgehead atoms. The zero-order chi connectivity index (χ0) is 22.1. The minimum Gasteiger partial charge on any atom is -0.365 e. The van der Waals surface area contributed by atoms with Gasteiger partial charge in [0.1, 0.15) is 18.0 Å². The molecule has 8 nitrogen and oxygen atoms in total. The first-order valence-electron chi connectivity index (χ1n) is 9.25. The SMILES string of the molecule is CC1=C(C(N)=O)SC(n2cnn(Cc3cc(F)cc(F)c3)c2=O)N1Cc1cccnc1. The van der Waals surface area contributed by atoms with E-state index in [-0.39, 0.29) is 12.1 Å². The van der Waals surface area contributed by atoms with Gasteiger partial charge in [-0.2, -0.15) is 5.10 Å². The molecule has 1 aromatic carbocycles. The maximum atomic E-state index is 13.5. The van der Waals surface area contributed by atoms with Crippen LogP contribution in [-0.4, -0.2) is 30.1 Å². The number of thioether (sulfide) groups is 1. The molecule has 11 heteroatoms. The molecule has 0 radical (unpaired) electrons. The molecule has 1 aliphatic heterocycles. The van der Waals surface area contributed by atoms with E-state index in [1.165, 1.54) is 10.9 Å². The highest BCUT2D eigenvalue weighted by molar-refractivity contribution is 8.04. The van der Waals surface area contributed by atoms with Crippen LogP contribution in [0, 0.1) is 11.6 Å². The molecule has 31 heavy (non-hydrogen) atoms. The second-order valence-electron chi connectivity index (χ2n) is 6.97. The fourth-order valence-corrected chi connectivity index (χ4v) is 4.60. The van der Waals surface area contributed by atoms with Gasteiger partial charge in [-0.25, -0.2) is 18.3 Å². The highest BCUT2D eigenvalue weighted by atomic mass is 32.2. The number of rotatable bonds is 6. The molecular formula is C20H18F2N6O2S. The van der Waals surface area contributed by atoms with E-state index >= 15 is 0 Å². The van der Waals surface area contributed by atoms with Crippen molar-refractivity contribution in [2.24, 2.45) is 5.73 Å². The average Bonchev–Trinajstić information content (AvgIpc) is 3.22. The number of amides is 1. The summed E-state index contributed by atoms with van der Waals surface area (Å²) in [5.41, 5.74) is 6.22. The summed E-state index contributed by atoms with van der Waals surface area (Å²) in [4.78, 5) is 31.2. The van der Waals surface area contributed by atoms with E-state index in [1.807, 2.05) is 11.0 Å². The van der Waals surface area contributed by atoms with Crippen molar-refractivity contribution in [1.82, 2.24) is 24.2 Å². The fourth-order valence-electron chi connectivity index (χ4n) is 3.36. The molecule has 160 valence electrons. The van der Waals surface area contributed by atoms with Gasteiger partial charge in [-0.15, -0.1) is 0 Å². The molecule has 0 aliphatic carbocycles. The Bertz CT molecular complexity index is 1200. The molecule has 2 N–H and O–H groups in total. The van der Waals surface area contributed by atoms with Crippen LogP contribution in [0.1, 0.15) is 23.5 Å². The monoisotopic (exact) mass is 444 g/mol. The number of pyridine rings is 1. The molecular weight excluding hydrogens is 426 g/mol. The number of benzene rings is 1. The number of hydrogen-bond donors (Lipinski definition) is 1. The summed E-state index contributed by atoms with van der Waals surface area (Å²) in [6, 6.07) is 6.73. The van der Waals surface area contributed by atoms with E-state index < -0.39 is 28.7 Å². The summed E-state index contributed by atoms with van der Waals surface area (Å²) >= 11 is 1.15. The van der Waals surface area contributed by atoms with Gasteiger partial charge in [-0.3, -0.25) is 14.3 Å². The molecule has 0 saturated heterocycles. The van der Waals surface area contributed by atoms with Crippen LogP contribution in [0.25, 0.3) is 0 Å². The molecule has 0 saturated carbocycles. The van der Waals surface area contributed by atoms with E-state index in [0.717, 1.165) is 40.2 Å². The Morgan fingerprint density at radius 1 is 1.19 bits per heavy atom. The minimum atomic E-state index is -0.734. The Morgan fingerprint density at radius 2 is 1.94 bits per heavy atom. The second kappa shape index (κ2) is 8.34. The summed E-state index contributed by atoms with van der Waals surface area (Å²) in [5, 5.41) is 4.09. The van der Waals surface area contributed by atoms with Gasteiger partial charge in [0.2, 0.25) is 0 Å². The van der Waals surface area contributed by atoms with Crippen LogP contribution in [0.5, 0.6) is 0 Å². The van der Waals surface area contributed by atoms with Crippen molar-refractivity contribution in [3.05, 3.63) is 92.9 Å². The smallest absolute Gasteiger partial charge is 0.348 e. The topological polar surface area (TPSA) is 99.0 Å². The molecule has 1 aliphatic rings. The number of halogens is 2. The maximum Gasteiger partial charge on any atom is 0.348 e. The molecule has 1 unspecified atom stereocenters. The van der Waals surface area contributed by atoms with Crippen molar-refractivity contribution in [3.63, 3.8) is 0 Å². The van der Waals surface area contributed by atoms with Gasteiger partial charge in [-0.1, -0.05) is 17.8 Å². The quantitative estimate of drug-likeness (QED) is 0.626. The molecule has 3 aromatic rings. The van der Waals surface area contributed by atoms with E-state index in [4.69, 9.17) is 5.73 Å². The van der Waals surface area contributed by atoms with Crippen LogP contribution in [0.3, 0.4) is 0 Å². The Kier molecular flexibility index (Phi) is 5.59. The number of hydrogen-bond acceptors (Lipinski definition) is 6. The van der Waals surface area contributed by atoms with Crippen molar-refractivity contribution in [2.45, 2.75) is 25.5 Å². The van der Waals surface area contributed by atoms with E-state index in [9.17, 15) is 18.4 Å². The largest absolute Gasteiger partial charge is 0.365 e. The normalized spacial score (nSPS) is 16.2. The third kappa shape index (κ3) is 4.22. The van der Waals surface area contributed by atoms with Crippen molar-refractivity contribution in [3.8, 4) is 0 Å². The molecule has 2 aromatic heterocycles. The van der Waals surface area contributed by atoms with E-state index in [0.29, 0.717) is 17.1 Å². The number of aromatic nitrogens is 4. The first kappa shape index (κ1) is 20.8. The number of nitrogens with two attached hydrogens (primary N) is 1. The third-order valence-corrected chi connectivity index (χ3v) is 6.22. The summed E-state index contributed by atoms with van der Waals surface area (Å²) in [5.74, 6) is -2.05. The molecule has 0 spiro atoms. The van der Waals surface area contributed by atoms with Gasteiger partial charge in [0, 0.05) is 30.7 Å². The van der Waals surface area contributed by atoms with Crippen LogP contribution >= 0.6 is 11.8 Å². The molecule has 0 fully saturated rings. The fraction of sp³-hybridized carbons (Fsp3) is 0.200. The second-order valence-corrected chi connectivity index (χ2v) is 8.03. The lowest BCUT2D eigenvalue weighted by molar-refractivity contribution is -0.114. The summed E-state index contributed by atoms with van der Waals surface area (Å²) < 4.78 is 29.4. The number of carbonyl (C=O) groups excluding carboxylic acids is 1. The van der Waals surface area contributed by atoms with Crippen molar-refractivity contribution in [1.29, 1.82) is 0 Å². The lowest BCUT2D eigenvalue weighted by Gasteiger charge is -2.27. The number of nitrogens with zero attached hydrogens (tertiary/aromatic N) is 5. The zero-order valence-corrected chi connectivity index (χ0v) is 17.2. The Labute approximate surface area is 180 Å². The van der Waals surface area contributed by atoms with Crippen molar-refractivity contribution >= 4 is 17.7 Å². The average molecular weight is 444 g/mol. The lowest BCUT2D eigenvalue weighted by Crippen LogP contribution is -2.33. The third-order valence-electron chi connectivity index (χ3n) is 4.80. The minimum absolute atomic E-state index is 0.102. The predicted octanol–water partition coefficient (Wildman–Crippen LogP) is 2.19. The predicted molar refractivity (Wildman–Crippen MR) is 110 cm³/mol. The first-order valence-corrected chi connectivity index (χ1v) is 10.1. The number of primary amides is 1. The van der Waals surface area contributed by atoms with Gasteiger partial charge in [-0.05, 0) is 36.2 Å². The Morgan fingerprint density at radius 3 is 2.58 bits per heavy atom. The standard InChI is InChI=1S/C20H18F2N6O2S/c1-12-17(18(23)29)31-20(26(12)9-13-3-2-4-24-8-13)27-11-25-28(19(27)30)10-14-5-15(21)7-16(22)6-14/h2-8,11,20H,9-10H2,1H3,(H2,23,29). The zero-order valence-electron chi connectivity index (χ0n) is 16.4. The van der Waals surface area contributed by atoms with Gasteiger partial charge in [0.25, 0.3) is 5.91 Å². The van der Waals surface area contributed by atoms with E-state index in [1.54, 1.807) is 25.4 Å². The summed E-state index contributed by atoms with van der Waals surface area (Å²) in [6.45, 7) is 2.05. The lowest BCUT2D eigenvalue weighted by atomic mass is 10.2. The van der Waals surface area contributed by atoms with Gasteiger partial charge < -0.3 is 10.6 Å². The van der Waals surface area contributed by atoms with Crippen LogP contribution in [0.2, 0.25) is 0 Å². The van der Waals surface area contributed by atoms with Gasteiger partial charge in [0.05, 0.1) is 11.4 Å². The van der Waals surface area contributed by atoms with Crippen molar-refractivity contribution in [2.75, 3.05) is 0 Å². The molecule has 3 heterocycles. The van der Waals surface area contributed by atoms with Crippen LogP contribution < -0.4 is 11.4 Å². The Hall–Kier alpha value is -3.47. The van der Waals surface area contributed by atoms with E-state index in [2.05, 4.69) is 10.1 Å². The molecule has 1 atom stereocenters. The maximum absolute atomic E-state index is 13.5. The van der Waals surface area contributed by atoms with Crippen molar-refractivity contribution < 1.29 is 13.6 Å². The first-order chi connectivity index (χ1) is 14.8. The Balaban J connectivity index is 1.66. The van der Waals surface area contributed by atoms with Crippen LogP contribution in [0.4, 0.5) is 8.78 Å². The summed E-state index contributed by atoms with van der Waals surface area (Å²) in [6.07, 6.45) is 4.69. The molecule has 4 rings (SSSR count). The number of allylic oxidation sites excluding steroid dienone is 1.